The third kappa shape index (κ3) is 3.23. The van der Waals surface area contributed by atoms with Crippen molar-refractivity contribution in [3.63, 3.8) is 0 Å². The van der Waals surface area contributed by atoms with Crippen molar-refractivity contribution in [1.82, 2.24) is 20.2 Å². The monoisotopic (exact) mass is 277 g/mol. The van der Waals surface area contributed by atoms with Crippen LogP contribution < -0.4 is 10.6 Å². The summed E-state index contributed by atoms with van der Waals surface area (Å²) in [4.78, 5) is 33.5. The zero-order chi connectivity index (χ0) is 14.5. The number of rotatable bonds is 5. The fraction of sp³-hybridized carbons (Fsp3) is 0.538. The van der Waals surface area contributed by atoms with Crippen molar-refractivity contribution >= 4 is 17.8 Å². The van der Waals surface area contributed by atoms with Crippen molar-refractivity contribution in [3.8, 4) is 0 Å². The minimum atomic E-state index is -0.246. The Kier molecular flexibility index (Phi) is 4.49. The molecule has 7 nitrogen and oxygen atoms in total. The number of carbonyl (C=O) groups is 2. The molecule has 0 aliphatic carbocycles. The minimum absolute atomic E-state index is 0.0962. The van der Waals surface area contributed by atoms with Crippen molar-refractivity contribution in [3.05, 3.63) is 18.0 Å². The van der Waals surface area contributed by atoms with Gasteiger partial charge in [-0.3, -0.25) is 9.59 Å². The van der Waals surface area contributed by atoms with Crippen LogP contribution >= 0.6 is 0 Å². The maximum Gasteiger partial charge on any atom is 0.254 e. The Hall–Kier alpha value is -2.18. The second-order valence-electron chi connectivity index (χ2n) is 4.76. The number of aromatic nitrogens is 2. The number of hydrogen-bond acceptors (Lipinski definition) is 5. The van der Waals surface area contributed by atoms with E-state index in [1.807, 2.05) is 6.92 Å². The molecule has 1 unspecified atom stereocenters. The number of amides is 2. The normalized spacial score (nSPS) is 18.2. The van der Waals surface area contributed by atoms with Gasteiger partial charge in [0.25, 0.3) is 5.91 Å². The first-order valence-corrected chi connectivity index (χ1v) is 6.72. The summed E-state index contributed by atoms with van der Waals surface area (Å²) >= 11 is 0. The van der Waals surface area contributed by atoms with Gasteiger partial charge in [0.05, 0.1) is 11.6 Å². The lowest BCUT2D eigenvalue weighted by molar-refractivity contribution is -0.127. The Labute approximate surface area is 117 Å². The van der Waals surface area contributed by atoms with Gasteiger partial charge in [-0.2, -0.15) is 0 Å². The van der Waals surface area contributed by atoms with Crippen LogP contribution in [0.3, 0.4) is 0 Å². The summed E-state index contributed by atoms with van der Waals surface area (Å²) in [6, 6.07) is -0.134. The molecule has 1 aliphatic heterocycles. The summed E-state index contributed by atoms with van der Waals surface area (Å²) in [7, 11) is 1.71. The van der Waals surface area contributed by atoms with Crippen molar-refractivity contribution in [1.29, 1.82) is 0 Å². The molecule has 2 amide bonds. The van der Waals surface area contributed by atoms with Crippen LogP contribution in [0.4, 0.5) is 5.95 Å². The molecule has 7 heteroatoms. The molecule has 0 radical (unpaired) electrons. The maximum atomic E-state index is 12.0. The number of nitrogens with zero attached hydrogens (tertiary/aromatic N) is 3. The summed E-state index contributed by atoms with van der Waals surface area (Å²) in [6.45, 7) is 3.35. The molecule has 1 aromatic heterocycles. The molecule has 1 saturated heterocycles. The Balaban J connectivity index is 1.93. The Morgan fingerprint density at radius 3 is 2.75 bits per heavy atom. The third-order valence-electron chi connectivity index (χ3n) is 3.18. The van der Waals surface area contributed by atoms with Gasteiger partial charge in [-0.1, -0.05) is 6.92 Å². The SMILES string of the molecule is CCCN1CC(NC(=O)c2cnc(NC)nc2)CC1=O. The van der Waals surface area contributed by atoms with Crippen molar-refractivity contribution in [2.24, 2.45) is 0 Å². The number of carbonyl (C=O) groups excluding carboxylic acids is 2. The zero-order valence-electron chi connectivity index (χ0n) is 11.7. The third-order valence-corrected chi connectivity index (χ3v) is 3.18. The molecule has 2 N–H and O–H groups in total. The fourth-order valence-electron chi connectivity index (χ4n) is 2.20. The lowest BCUT2D eigenvalue weighted by atomic mass is 10.2. The van der Waals surface area contributed by atoms with Crippen LogP contribution in [0.25, 0.3) is 0 Å². The molecule has 2 heterocycles. The second kappa shape index (κ2) is 6.31. The van der Waals surface area contributed by atoms with Gasteiger partial charge in [-0.15, -0.1) is 0 Å². The molecule has 1 aromatic rings. The minimum Gasteiger partial charge on any atom is -0.357 e. The molecule has 1 atom stereocenters. The van der Waals surface area contributed by atoms with Crippen LogP contribution in [0, 0.1) is 0 Å². The van der Waals surface area contributed by atoms with Gasteiger partial charge in [0.15, 0.2) is 0 Å². The van der Waals surface area contributed by atoms with Crippen molar-refractivity contribution in [2.45, 2.75) is 25.8 Å². The van der Waals surface area contributed by atoms with E-state index in [0.717, 1.165) is 13.0 Å². The highest BCUT2D eigenvalue weighted by Gasteiger charge is 2.30. The number of anilines is 1. The highest BCUT2D eigenvalue weighted by Crippen LogP contribution is 2.12. The first-order valence-electron chi connectivity index (χ1n) is 6.72. The van der Waals surface area contributed by atoms with Crippen LogP contribution in [-0.4, -0.2) is 52.9 Å². The van der Waals surface area contributed by atoms with Crippen LogP contribution in [0.5, 0.6) is 0 Å². The van der Waals surface area contributed by atoms with Crippen molar-refractivity contribution in [2.75, 3.05) is 25.5 Å². The molecular weight excluding hydrogens is 258 g/mol. The van der Waals surface area contributed by atoms with E-state index in [9.17, 15) is 9.59 Å². The molecular formula is C13H19N5O2. The Morgan fingerprint density at radius 2 is 2.15 bits per heavy atom. The quantitative estimate of drug-likeness (QED) is 0.806. The molecule has 2 rings (SSSR count). The second-order valence-corrected chi connectivity index (χ2v) is 4.76. The molecule has 0 aromatic carbocycles. The standard InChI is InChI=1S/C13H19N5O2/c1-3-4-18-8-10(5-11(18)19)17-12(20)9-6-15-13(14-2)16-7-9/h6-7,10H,3-5,8H2,1-2H3,(H,17,20)(H,14,15,16). The number of nitrogens with one attached hydrogen (secondary N) is 2. The number of hydrogen-bond donors (Lipinski definition) is 2. The summed E-state index contributed by atoms with van der Waals surface area (Å²) in [5.41, 5.74) is 0.394. The average molecular weight is 277 g/mol. The van der Waals surface area contributed by atoms with E-state index < -0.39 is 0 Å². The van der Waals surface area contributed by atoms with Crippen LogP contribution in [0.15, 0.2) is 12.4 Å². The lowest BCUT2D eigenvalue weighted by Crippen LogP contribution is -2.37. The molecule has 1 aliphatic rings. The summed E-state index contributed by atoms with van der Waals surface area (Å²) in [6.07, 6.45) is 4.22. The van der Waals surface area contributed by atoms with Gasteiger partial charge < -0.3 is 15.5 Å². The van der Waals surface area contributed by atoms with E-state index in [4.69, 9.17) is 0 Å². The van der Waals surface area contributed by atoms with Gasteiger partial charge in [-0.25, -0.2) is 9.97 Å². The summed E-state index contributed by atoms with van der Waals surface area (Å²) < 4.78 is 0. The van der Waals surface area contributed by atoms with E-state index in [1.165, 1.54) is 12.4 Å². The Morgan fingerprint density at radius 1 is 1.45 bits per heavy atom. The van der Waals surface area contributed by atoms with Gasteiger partial charge in [-0.05, 0) is 6.42 Å². The van der Waals surface area contributed by atoms with Gasteiger partial charge in [0.1, 0.15) is 0 Å². The molecule has 0 spiro atoms. The summed E-state index contributed by atoms with van der Waals surface area (Å²) in [5, 5.41) is 5.64. The Bertz CT molecular complexity index is 488. The highest BCUT2D eigenvalue weighted by molar-refractivity contribution is 5.94. The van der Waals surface area contributed by atoms with E-state index >= 15 is 0 Å². The molecule has 20 heavy (non-hydrogen) atoms. The molecule has 1 fully saturated rings. The predicted molar refractivity (Wildman–Crippen MR) is 74.3 cm³/mol. The van der Waals surface area contributed by atoms with E-state index in [2.05, 4.69) is 20.6 Å². The first kappa shape index (κ1) is 14.2. The van der Waals surface area contributed by atoms with Crippen LogP contribution in [-0.2, 0) is 4.79 Å². The summed E-state index contributed by atoms with van der Waals surface area (Å²) in [5.74, 6) is 0.314. The maximum absolute atomic E-state index is 12.0. The lowest BCUT2D eigenvalue weighted by Gasteiger charge is -2.15. The molecule has 0 saturated carbocycles. The van der Waals surface area contributed by atoms with E-state index in [1.54, 1.807) is 11.9 Å². The van der Waals surface area contributed by atoms with Crippen LogP contribution in [0.2, 0.25) is 0 Å². The fourth-order valence-corrected chi connectivity index (χ4v) is 2.20. The van der Waals surface area contributed by atoms with E-state index in [-0.39, 0.29) is 17.9 Å². The average Bonchev–Trinajstić information content (AvgIpc) is 2.79. The van der Waals surface area contributed by atoms with Crippen molar-refractivity contribution < 1.29 is 9.59 Å². The predicted octanol–water partition coefficient (Wildman–Crippen LogP) is 0.259. The van der Waals surface area contributed by atoms with E-state index in [0.29, 0.717) is 24.5 Å². The first-order chi connectivity index (χ1) is 9.63. The highest BCUT2D eigenvalue weighted by atomic mass is 16.2. The van der Waals surface area contributed by atoms with Gasteiger partial charge in [0, 0.05) is 39.0 Å². The molecule has 0 bridgehead atoms. The topological polar surface area (TPSA) is 87.2 Å². The van der Waals surface area contributed by atoms with Crippen LogP contribution in [0.1, 0.15) is 30.1 Å². The zero-order valence-corrected chi connectivity index (χ0v) is 11.7. The van der Waals surface area contributed by atoms with Gasteiger partial charge in [0.2, 0.25) is 11.9 Å². The largest absolute Gasteiger partial charge is 0.357 e. The van der Waals surface area contributed by atoms with Gasteiger partial charge >= 0.3 is 0 Å². The smallest absolute Gasteiger partial charge is 0.254 e. The number of likely N-dealkylation sites (tertiary alicyclic amines) is 1. The molecule has 108 valence electrons.